The van der Waals surface area contributed by atoms with Gasteiger partial charge in [-0.05, 0) is 69.8 Å². The molecule has 4 heteroatoms. The highest BCUT2D eigenvalue weighted by Gasteiger charge is 2.44. The van der Waals surface area contributed by atoms with Crippen molar-refractivity contribution in [3.63, 3.8) is 0 Å². The number of hydrogen-bond donors (Lipinski definition) is 0. The van der Waals surface area contributed by atoms with Gasteiger partial charge in [-0.2, -0.15) is 8.78 Å². The van der Waals surface area contributed by atoms with E-state index < -0.39 is 5.92 Å². The van der Waals surface area contributed by atoms with Gasteiger partial charge in [-0.25, -0.2) is 9.97 Å². The van der Waals surface area contributed by atoms with E-state index in [9.17, 15) is 0 Å². The molecule has 2 nitrogen and oxygen atoms in total. The fraction of sp³-hybridized carbons (Fsp3) is 0.0213. The third-order valence-corrected chi connectivity index (χ3v) is 9.60. The van der Waals surface area contributed by atoms with Crippen LogP contribution in [0.4, 0.5) is 8.78 Å². The average Bonchev–Trinajstić information content (AvgIpc) is 3.43. The Morgan fingerprint density at radius 1 is 0.294 bits per heavy atom. The highest BCUT2D eigenvalue weighted by molar-refractivity contribution is 5.87. The predicted octanol–water partition coefficient (Wildman–Crippen LogP) is 12.6. The van der Waals surface area contributed by atoms with Gasteiger partial charge in [-0.1, -0.05) is 146 Å². The number of fused-ring (bicyclic) bond motifs is 3. The Morgan fingerprint density at radius 3 is 0.961 bits per heavy atom. The van der Waals surface area contributed by atoms with E-state index in [-0.39, 0.29) is 11.1 Å². The summed E-state index contributed by atoms with van der Waals surface area (Å²) < 4.78 is 32.2. The van der Waals surface area contributed by atoms with Crippen LogP contribution < -0.4 is 0 Å². The number of hydrogen-bond acceptors (Lipinski definition) is 2. The summed E-state index contributed by atoms with van der Waals surface area (Å²) in [6.07, 6.45) is 0. The molecule has 0 bridgehead atoms. The summed E-state index contributed by atoms with van der Waals surface area (Å²) >= 11 is 0. The number of aromatic nitrogens is 2. The lowest BCUT2D eigenvalue weighted by Gasteiger charge is -2.14. The molecule has 0 radical (unpaired) electrons. The molecule has 0 saturated carbocycles. The molecule has 51 heavy (non-hydrogen) atoms. The summed E-state index contributed by atoms with van der Waals surface area (Å²) in [5.41, 5.74) is 11.7. The van der Waals surface area contributed by atoms with Crippen molar-refractivity contribution in [1.82, 2.24) is 9.97 Å². The molecule has 1 aliphatic carbocycles. The van der Waals surface area contributed by atoms with Crippen LogP contribution in [-0.2, 0) is 5.92 Å². The largest absolute Gasteiger partial charge is 0.299 e. The molecule has 6 aromatic carbocycles. The summed E-state index contributed by atoms with van der Waals surface area (Å²) in [5.74, 6) is -3.13. The van der Waals surface area contributed by atoms with Crippen molar-refractivity contribution in [1.29, 1.82) is 0 Å². The lowest BCUT2D eigenvalue weighted by atomic mass is 9.96. The van der Waals surface area contributed by atoms with E-state index >= 15 is 8.78 Å². The second-order valence-electron chi connectivity index (χ2n) is 12.8. The number of nitrogens with zero attached hydrogens (tertiary/aromatic N) is 2. The van der Waals surface area contributed by atoms with Crippen LogP contribution >= 0.6 is 0 Å². The van der Waals surface area contributed by atoms with E-state index in [1.54, 1.807) is 24.3 Å². The highest BCUT2D eigenvalue weighted by Crippen LogP contribution is 2.52. The third-order valence-electron chi connectivity index (χ3n) is 9.60. The molecule has 1 aliphatic rings. The Morgan fingerprint density at radius 2 is 0.608 bits per heavy atom. The van der Waals surface area contributed by atoms with Crippen molar-refractivity contribution in [3.05, 3.63) is 193 Å². The van der Waals surface area contributed by atoms with E-state index in [2.05, 4.69) is 36.4 Å². The van der Waals surface area contributed by atoms with Gasteiger partial charge in [0, 0.05) is 33.4 Å². The Balaban J connectivity index is 1.19. The van der Waals surface area contributed by atoms with Crippen LogP contribution in [0.25, 0.3) is 78.4 Å². The maximum atomic E-state index is 16.1. The molecule has 2 aromatic heterocycles. The standard InChI is InChI=1S/C47H30F2N2/c48-47(49)41-23-21-35(45-29-37(31-13-5-1-6-14-31)27-43(50-45)33-17-9-3-10-18-33)25-39(41)40-26-36(22-24-42(40)47)46-30-38(32-15-7-2-8-16-32)28-44(51-46)34-19-11-4-12-20-34/h1-30H. The van der Waals surface area contributed by atoms with Gasteiger partial charge in [0.25, 0.3) is 5.92 Å². The quantitative estimate of drug-likeness (QED) is 0.177. The molecule has 0 unspecified atom stereocenters. The topological polar surface area (TPSA) is 25.8 Å². The maximum absolute atomic E-state index is 16.1. The Labute approximate surface area is 295 Å². The molecule has 0 atom stereocenters. The summed E-state index contributed by atoms with van der Waals surface area (Å²) in [7, 11) is 0. The first-order valence-electron chi connectivity index (χ1n) is 17.0. The Bertz CT molecular complexity index is 2240. The predicted molar refractivity (Wildman–Crippen MR) is 203 cm³/mol. The zero-order valence-electron chi connectivity index (χ0n) is 27.5. The van der Waals surface area contributed by atoms with Gasteiger partial charge < -0.3 is 0 Å². The van der Waals surface area contributed by atoms with Crippen LogP contribution in [-0.4, -0.2) is 9.97 Å². The molecular weight excluding hydrogens is 631 g/mol. The van der Waals surface area contributed by atoms with Gasteiger partial charge >= 0.3 is 0 Å². The molecule has 0 aliphatic heterocycles. The minimum atomic E-state index is -3.13. The average molecular weight is 661 g/mol. The number of pyridine rings is 2. The highest BCUT2D eigenvalue weighted by atomic mass is 19.3. The number of alkyl halides is 2. The summed E-state index contributed by atoms with van der Waals surface area (Å²) in [6, 6.07) is 59.0. The van der Waals surface area contributed by atoms with Gasteiger partial charge in [-0.15, -0.1) is 0 Å². The molecule has 0 fully saturated rings. The maximum Gasteiger partial charge on any atom is 0.299 e. The second-order valence-corrected chi connectivity index (χ2v) is 12.8. The first kappa shape index (κ1) is 30.5. The first-order chi connectivity index (χ1) is 25.0. The van der Waals surface area contributed by atoms with Crippen molar-refractivity contribution in [2.24, 2.45) is 0 Å². The van der Waals surface area contributed by atoms with Gasteiger partial charge in [0.2, 0.25) is 0 Å². The first-order valence-corrected chi connectivity index (χ1v) is 17.0. The molecule has 8 aromatic rings. The van der Waals surface area contributed by atoms with E-state index in [1.165, 1.54) is 0 Å². The van der Waals surface area contributed by atoms with E-state index in [4.69, 9.17) is 9.97 Å². The molecule has 9 rings (SSSR count). The molecule has 0 amide bonds. The molecule has 0 spiro atoms. The van der Waals surface area contributed by atoms with Crippen LogP contribution in [0, 0.1) is 0 Å². The SMILES string of the molecule is FC1(F)c2ccc(-c3cc(-c4ccccc4)cc(-c4ccccc4)n3)cc2-c2cc(-c3cc(-c4ccccc4)cc(-c4ccccc4)n3)ccc21. The minimum absolute atomic E-state index is 0.00290. The third kappa shape index (κ3) is 5.61. The van der Waals surface area contributed by atoms with Gasteiger partial charge in [0.05, 0.1) is 22.8 Å². The zero-order chi connectivity index (χ0) is 34.4. The van der Waals surface area contributed by atoms with Crippen LogP contribution in [0.2, 0.25) is 0 Å². The van der Waals surface area contributed by atoms with E-state index in [0.717, 1.165) is 67.3 Å². The number of rotatable bonds is 6. The molecule has 0 N–H and O–H groups in total. The molecular formula is C47H30F2N2. The molecule has 0 saturated heterocycles. The smallest absolute Gasteiger partial charge is 0.248 e. The normalized spacial score (nSPS) is 12.7. The van der Waals surface area contributed by atoms with Crippen molar-refractivity contribution >= 4 is 0 Å². The fourth-order valence-corrected chi connectivity index (χ4v) is 7.01. The summed E-state index contributed by atoms with van der Waals surface area (Å²) in [6.45, 7) is 0. The summed E-state index contributed by atoms with van der Waals surface area (Å²) in [4.78, 5) is 10.1. The van der Waals surface area contributed by atoms with Crippen molar-refractivity contribution < 1.29 is 8.78 Å². The second kappa shape index (κ2) is 12.4. The Hall–Kier alpha value is -6.52. The van der Waals surface area contributed by atoms with E-state index in [1.807, 2.05) is 121 Å². The lowest BCUT2D eigenvalue weighted by molar-refractivity contribution is 0.0480. The minimum Gasteiger partial charge on any atom is -0.248 e. The van der Waals surface area contributed by atoms with Gasteiger partial charge in [0.15, 0.2) is 0 Å². The fourth-order valence-electron chi connectivity index (χ4n) is 7.01. The van der Waals surface area contributed by atoms with Crippen LogP contribution in [0.15, 0.2) is 182 Å². The van der Waals surface area contributed by atoms with Gasteiger partial charge in [0.1, 0.15) is 0 Å². The van der Waals surface area contributed by atoms with Crippen LogP contribution in [0.5, 0.6) is 0 Å². The number of halogens is 2. The van der Waals surface area contributed by atoms with Crippen molar-refractivity contribution in [3.8, 4) is 78.4 Å². The zero-order valence-corrected chi connectivity index (χ0v) is 27.5. The molecule has 242 valence electrons. The molecule has 2 heterocycles. The van der Waals surface area contributed by atoms with Crippen LogP contribution in [0.1, 0.15) is 11.1 Å². The lowest BCUT2D eigenvalue weighted by Crippen LogP contribution is -2.10. The van der Waals surface area contributed by atoms with Crippen LogP contribution in [0.3, 0.4) is 0 Å². The Kier molecular flexibility index (Phi) is 7.44. The summed E-state index contributed by atoms with van der Waals surface area (Å²) in [5, 5.41) is 0. The number of benzene rings is 6. The van der Waals surface area contributed by atoms with Crippen molar-refractivity contribution in [2.75, 3.05) is 0 Å². The van der Waals surface area contributed by atoms with Crippen molar-refractivity contribution in [2.45, 2.75) is 5.92 Å². The van der Waals surface area contributed by atoms with E-state index in [0.29, 0.717) is 11.1 Å². The van der Waals surface area contributed by atoms with Gasteiger partial charge in [-0.3, -0.25) is 0 Å². The monoisotopic (exact) mass is 660 g/mol.